The molecule has 0 aliphatic heterocycles. The molecule has 2 aromatic rings. The topological polar surface area (TPSA) is 37.8 Å². The molecule has 3 nitrogen and oxygen atoms in total. The molecule has 3 heteroatoms. The first-order chi connectivity index (χ1) is 9.04. The highest BCUT2D eigenvalue weighted by Crippen LogP contribution is 2.29. The summed E-state index contributed by atoms with van der Waals surface area (Å²) < 4.78 is 0. The van der Waals surface area contributed by atoms with Gasteiger partial charge in [0.15, 0.2) is 0 Å². The molecule has 1 aromatic heterocycles. The van der Waals surface area contributed by atoms with Crippen LogP contribution >= 0.6 is 0 Å². The smallest absolute Gasteiger partial charge is 0.133 e. The molecule has 1 N–H and O–H groups in total. The fourth-order valence-corrected chi connectivity index (χ4v) is 2.24. The molecule has 0 aliphatic rings. The summed E-state index contributed by atoms with van der Waals surface area (Å²) in [5.41, 5.74) is 5.91. The Labute approximate surface area is 115 Å². The van der Waals surface area contributed by atoms with Crippen LogP contribution in [-0.2, 0) is 0 Å². The van der Waals surface area contributed by atoms with E-state index in [1.54, 1.807) is 0 Å². The van der Waals surface area contributed by atoms with E-state index in [1.807, 2.05) is 6.92 Å². The Bertz CT molecular complexity index is 603. The van der Waals surface area contributed by atoms with Crippen LogP contribution in [0.5, 0.6) is 0 Å². The third-order valence-electron chi connectivity index (χ3n) is 3.46. The number of aryl methyl sites for hydroxylation is 2. The van der Waals surface area contributed by atoms with E-state index in [0.29, 0.717) is 0 Å². The Morgan fingerprint density at radius 1 is 1.00 bits per heavy atom. The van der Waals surface area contributed by atoms with Gasteiger partial charge in [0, 0.05) is 17.7 Å². The van der Waals surface area contributed by atoms with Gasteiger partial charge in [0.25, 0.3) is 0 Å². The summed E-state index contributed by atoms with van der Waals surface area (Å²) in [4.78, 5) is 9.12. The predicted octanol–water partition coefficient (Wildman–Crippen LogP) is 3.81. The molecule has 2 rings (SSSR count). The molecule has 0 spiro atoms. The first kappa shape index (κ1) is 13.5. The summed E-state index contributed by atoms with van der Waals surface area (Å²) in [7, 11) is 0. The third-order valence-corrected chi connectivity index (χ3v) is 3.46. The average molecular weight is 255 g/mol. The largest absolute Gasteiger partial charge is 0.370 e. The van der Waals surface area contributed by atoms with Gasteiger partial charge in [-0.15, -0.1) is 0 Å². The van der Waals surface area contributed by atoms with Crippen LogP contribution < -0.4 is 5.32 Å². The van der Waals surface area contributed by atoms with Crippen molar-refractivity contribution < 1.29 is 0 Å². The van der Waals surface area contributed by atoms with Crippen LogP contribution in [0.4, 0.5) is 5.82 Å². The van der Waals surface area contributed by atoms with E-state index in [1.165, 1.54) is 16.7 Å². The summed E-state index contributed by atoms with van der Waals surface area (Å²) in [6.07, 6.45) is 0. The minimum atomic E-state index is 0.803. The molecule has 100 valence electrons. The summed E-state index contributed by atoms with van der Waals surface area (Å²) >= 11 is 0. The van der Waals surface area contributed by atoms with E-state index in [-0.39, 0.29) is 0 Å². The SMILES string of the molecule is CCNc1nc(C)nc(-c2cccc(C)c2C)c1C. The van der Waals surface area contributed by atoms with Crippen molar-refractivity contribution >= 4 is 5.82 Å². The second-order valence-corrected chi connectivity index (χ2v) is 4.87. The predicted molar refractivity (Wildman–Crippen MR) is 80.6 cm³/mol. The monoisotopic (exact) mass is 255 g/mol. The van der Waals surface area contributed by atoms with Gasteiger partial charge in [-0.05, 0) is 45.7 Å². The van der Waals surface area contributed by atoms with Crippen LogP contribution in [0, 0.1) is 27.7 Å². The van der Waals surface area contributed by atoms with Gasteiger partial charge in [-0.25, -0.2) is 9.97 Å². The van der Waals surface area contributed by atoms with Crippen LogP contribution in [0.2, 0.25) is 0 Å². The number of aromatic nitrogens is 2. The Morgan fingerprint density at radius 2 is 1.74 bits per heavy atom. The van der Waals surface area contributed by atoms with Crippen LogP contribution in [0.3, 0.4) is 0 Å². The molecule has 0 atom stereocenters. The number of nitrogens with one attached hydrogen (secondary N) is 1. The lowest BCUT2D eigenvalue weighted by Crippen LogP contribution is -2.06. The van der Waals surface area contributed by atoms with Gasteiger partial charge in [0.2, 0.25) is 0 Å². The quantitative estimate of drug-likeness (QED) is 0.906. The highest BCUT2D eigenvalue weighted by atomic mass is 15.0. The van der Waals surface area contributed by atoms with Crippen molar-refractivity contribution in [3.05, 3.63) is 40.7 Å². The lowest BCUT2D eigenvalue weighted by molar-refractivity contribution is 1.02. The molecule has 0 bridgehead atoms. The maximum absolute atomic E-state index is 4.64. The molecule has 19 heavy (non-hydrogen) atoms. The Hall–Kier alpha value is -1.90. The fourth-order valence-electron chi connectivity index (χ4n) is 2.24. The van der Waals surface area contributed by atoms with E-state index in [2.05, 4.69) is 61.2 Å². The molecule has 0 amide bonds. The number of benzene rings is 1. The summed E-state index contributed by atoms with van der Waals surface area (Å²) in [6.45, 7) is 11.2. The fraction of sp³-hybridized carbons (Fsp3) is 0.375. The molecule has 0 aliphatic carbocycles. The highest BCUT2D eigenvalue weighted by molar-refractivity contribution is 5.71. The van der Waals surface area contributed by atoms with Gasteiger partial charge >= 0.3 is 0 Å². The maximum Gasteiger partial charge on any atom is 0.133 e. The van der Waals surface area contributed by atoms with Crippen LogP contribution in [0.15, 0.2) is 18.2 Å². The van der Waals surface area contributed by atoms with E-state index < -0.39 is 0 Å². The van der Waals surface area contributed by atoms with Gasteiger partial charge in [0.05, 0.1) is 5.69 Å². The molecular weight excluding hydrogens is 234 g/mol. The zero-order chi connectivity index (χ0) is 14.0. The van der Waals surface area contributed by atoms with Gasteiger partial charge in [0.1, 0.15) is 11.6 Å². The van der Waals surface area contributed by atoms with Gasteiger partial charge in [-0.2, -0.15) is 0 Å². The minimum Gasteiger partial charge on any atom is -0.370 e. The van der Waals surface area contributed by atoms with E-state index in [0.717, 1.165) is 29.4 Å². The third kappa shape index (κ3) is 2.60. The minimum absolute atomic E-state index is 0.803. The average Bonchev–Trinajstić information content (AvgIpc) is 2.37. The van der Waals surface area contributed by atoms with E-state index in [4.69, 9.17) is 0 Å². The van der Waals surface area contributed by atoms with Crippen molar-refractivity contribution in [1.82, 2.24) is 9.97 Å². The van der Waals surface area contributed by atoms with Crippen molar-refractivity contribution in [2.45, 2.75) is 34.6 Å². The van der Waals surface area contributed by atoms with Crippen molar-refractivity contribution in [1.29, 1.82) is 0 Å². The first-order valence-corrected chi connectivity index (χ1v) is 6.70. The van der Waals surface area contributed by atoms with Crippen molar-refractivity contribution in [2.24, 2.45) is 0 Å². The van der Waals surface area contributed by atoms with Crippen LogP contribution in [-0.4, -0.2) is 16.5 Å². The van der Waals surface area contributed by atoms with Crippen LogP contribution in [0.25, 0.3) is 11.3 Å². The maximum atomic E-state index is 4.64. The first-order valence-electron chi connectivity index (χ1n) is 6.70. The molecule has 0 fully saturated rings. The van der Waals surface area contributed by atoms with E-state index in [9.17, 15) is 0 Å². The molecule has 0 saturated carbocycles. The Kier molecular flexibility index (Phi) is 3.84. The summed E-state index contributed by atoms with van der Waals surface area (Å²) in [6, 6.07) is 6.35. The standard InChI is InChI=1S/C16H21N3/c1-6-17-16-12(4)15(18-13(5)19-16)14-9-7-8-10(2)11(14)3/h7-9H,6H2,1-5H3,(H,17,18,19). The second-order valence-electron chi connectivity index (χ2n) is 4.87. The molecular formula is C16H21N3. The molecule has 0 unspecified atom stereocenters. The second kappa shape index (κ2) is 5.39. The number of anilines is 1. The van der Waals surface area contributed by atoms with Gasteiger partial charge in [-0.1, -0.05) is 18.2 Å². The zero-order valence-corrected chi connectivity index (χ0v) is 12.3. The van der Waals surface area contributed by atoms with Gasteiger partial charge < -0.3 is 5.32 Å². The lowest BCUT2D eigenvalue weighted by Gasteiger charge is -2.14. The van der Waals surface area contributed by atoms with Crippen molar-refractivity contribution in [2.75, 3.05) is 11.9 Å². The summed E-state index contributed by atoms with van der Waals surface area (Å²) in [5, 5.41) is 3.31. The molecule has 0 saturated heterocycles. The van der Waals surface area contributed by atoms with E-state index >= 15 is 0 Å². The van der Waals surface area contributed by atoms with Crippen LogP contribution in [0.1, 0.15) is 29.4 Å². The number of rotatable bonds is 3. The Morgan fingerprint density at radius 3 is 2.42 bits per heavy atom. The molecule has 1 heterocycles. The molecule has 0 radical (unpaired) electrons. The molecule has 1 aromatic carbocycles. The Balaban J connectivity index is 2.65. The van der Waals surface area contributed by atoms with Gasteiger partial charge in [-0.3, -0.25) is 0 Å². The zero-order valence-electron chi connectivity index (χ0n) is 12.3. The number of nitrogens with zero attached hydrogens (tertiary/aromatic N) is 2. The normalized spacial score (nSPS) is 10.6. The number of hydrogen-bond donors (Lipinski definition) is 1. The van der Waals surface area contributed by atoms with Crippen molar-refractivity contribution in [3.63, 3.8) is 0 Å². The van der Waals surface area contributed by atoms with Crippen molar-refractivity contribution in [3.8, 4) is 11.3 Å². The lowest BCUT2D eigenvalue weighted by atomic mass is 9.98. The summed E-state index contributed by atoms with van der Waals surface area (Å²) in [5.74, 6) is 1.74. The highest BCUT2D eigenvalue weighted by Gasteiger charge is 2.13. The number of hydrogen-bond acceptors (Lipinski definition) is 3.